The van der Waals surface area contributed by atoms with E-state index in [1.807, 2.05) is 18.3 Å². The Labute approximate surface area is 190 Å². The summed E-state index contributed by atoms with van der Waals surface area (Å²) in [5, 5.41) is 6.89. The third kappa shape index (κ3) is 4.95. The largest absolute Gasteiger partial charge is 0.483 e. The van der Waals surface area contributed by atoms with Crippen LogP contribution in [-0.4, -0.2) is 88.4 Å². The van der Waals surface area contributed by atoms with Crippen molar-refractivity contribution in [2.75, 3.05) is 33.2 Å². The number of carboxylic acid groups (broad SMARTS) is 1. The van der Waals surface area contributed by atoms with Gasteiger partial charge >= 0.3 is 0 Å². The zero-order valence-corrected chi connectivity index (χ0v) is 19.3. The standard InChI is InChI=1S/C23H34N4O2.CH2O2/c1-3-23(22(29)26-13-5-12-25(2)14-15-26)16-19-8-9-20(23)27(19)21(28)10-7-18-6-4-11-24-17-18;2-1-3/h4,6,11,17,19-20H,3,5,7-10,12-16H2,1-2H3;1H,(H,2,3)/t19-,20+,23+;/m0./s1. The van der Waals surface area contributed by atoms with Gasteiger partial charge in [-0.3, -0.25) is 19.4 Å². The van der Waals surface area contributed by atoms with Gasteiger partial charge in [0.15, 0.2) is 0 Å². The van der Waals surface area contributed by atoms with E-state index in [9.17, 15) is 9.59 Å². The maximum atomic E-state index is 13.7. The molecular formula is C24H36N4O4. The molecule has 0 aromatic carbocycles. The smallest absolute Gasteiger partial charge is 0.290 e. The van der Waals surface area contributed by atoms with Gasteiger partial charge in [-0.05, 0) is 63.7 Å². The van der Waals surface area contributed by atoms with Crippen molar-refractivity contribution in [3.8, 4) is 0 Å². The Kier molecular flexibility index (Phi) is 8.23. The molecule has 8 nitrogen and oxygen atoms in total. The molecule has 3 saturated heterocycles. The highest BCUT2D eigenvalue weighted by Crippen LogP contribution is 2.53. The summed E-state index contributed by atoms with van der Waals surface area (Å²) in [7, 11) is 2.13. The van der Waals surface area contributed by atoms with Gasteiger partial charge in [-0.1, -0.05) is 13.0 Å². The first-order chi connectivity index (χ1) is 15.5. The van der Waals surface area contributed by atoms with Crippen molar-refractivity contribution in [1.29, 1.82) is 0 Å². The number of nitrogens with zero attached hydrogens (tertiary/aromatic N) is 4. The number of aromatic nitrogens is 1. The third-order valence-electron chi connectivity index (χ3n) is 7.44. The lowest BCUT2D eigenvalue weighted by molar-refractivity contribution is -0.145. The number of fused-ring (bicyclic) bond motifs is 2. The van der Waals surface area contributed by atoms with Gasteiger partial charge in [0.25, 0.3) is 6.47 Å². The first-order valence-electron chi connectivity index (χ1n) is 11.7. The summed E-state index contributed by atoms with van der Waals surface area (Å²) in [5.41, 5.74) is 0.717. The molecule has 1 aromatic heterocycles. The molecular weight excluding hydrogens is 408 g/mol. The van der Waals surface area contributed by atoms with Gasteiger partial charge in [-0.25, -0.2) is 0 Å². The second-order valence-corrected chi connectivity index (χ2v) is 9.18. The fraction of sp³-hybridized carbons (Fsp3) is 0.667. The molecule has 1 N–H and O–H groups in total. The second-order valence-electron chi connectivity index (χ2n) is 9.18. The number of amides is 2. The molecule has 0 unspecified atom stereocenters. The van der Waals surface area contributed by atoms with E-state index < -0.39 is 0 Å². The summed E-state index contributed by atoms with van der Waals surface area (Å²) >= 11 is 0. The van der Waals surface area contributed by atoms with Crippen molar-refractivity contribution in [3.63, 3.8) is 0 Å². The minimum atomic E-state index is -0.379. The highest BCUT2D eigenvalue weighted by molar-refractivity contribution is 5.87. The van der Waals surface area contributed by atoms with E-state index >= 15 is 0 Å². The molecule has 1 aromatic rings. The van der Waals surface area contributed by atoms with Crippen LogP contribution in [0.5, 0.6) is 0 Å². The lowest BCUT2D eigenvalue weighted by Gasteiger charge is -2.39. The average molecular weight is 445 g/mol. The zero-order chi connectivity index (χ0) is 23.1. The van der Waals surface area contributed by atoms with Crippen molar-refractivity contribution in [3.05, 3.63) is 30.1 Å². The van der Waals surface area contributed by atoms with Gasteiger partial charge in [0.2, 0.25) is 11.8 Å². The highest BCUT2D eigenvalue weighted by Gasteiger charge is 2.60. The van der Waals surface area contributed by atoms with E-state index in [2.05, 4.69) is 33.7 Å². The van der Waals surface area contributed by atoms with E-state index in [1.165, 1.54) is 0 Å². The van der Waals surface area contributed by atoms with Gasteiger partial charge < -0.3 is 19.8 Å². The van der Waals surface area contributed by atoms with E-state index in [4.69, 9.17) is 9.90 Å². The van der Waals surface area contributed by atoms with Crippen LogP contribution in [0.1, 0.15) is 51.0 Å². The molecule has 2 bridgehead atoms. The monoisotopic (exact) mass is 444 g/mol. The Bertz CT molecular complexity index is 789. The number of carbonyl (C=O) groups is 3. The van der Waals surface area contributed by atoms with Crippen LogP contribution >= 0.6 is 0 Å². The summed E-state index contributed by atoms with van der Waals surface area (Å²) in [4.78, 5) is 45.9. The van der Waals surface area contributed by atoms with Gasteiger partial charge in [-0.15, -0.1) is 0 Å². The highest BCUT2D eigenvalue weighted by atomic mass is 16.3. The Hall–Kier alpha value is -2.48. The first-order valence-corrected chi connectivity index (χ1v) is 11.7. The van der Waals surface area contributed by atoms with Crippen LogP contribution in [0, 0.1) is 5.41 Å². The van der Waals surface area contributed by atoms with Crippen LogP contribution in [0.3, 0.4) is 0 Å². The Morgan fingerprint density at radius 1 is 1.25 bits per heavy atom. The van der Waals surface area contributed by atoms with Gasteiger partial charge in [0.05, 0.1) is 5.41 Å². The molecule has 3 aliphatic rings. The maximum absolute atomic E-state index is 13.7. The Balaban J connectivity index is 0.000000913. The van der Waals surface area contributed by atoms with E-state index in [0.29, 0.717) is 18.7 Å². The second kappa shape index (κ2) is 10.9. The van der Waals surface area contributed by atoms with Crippen LogP contribution < -0.4 is 0 Å². The van der Waals surface area contributed by atoms with Crippen LogP contribution in [-0.2, 0) is 20.8 Å². The SMILES string of the molecule is CC[C@@]1(C(=O)N2CCCN(C)CC2)C[C@@H]2CC[C@H]1N2C(=O)CCc1cccnc1.O=CO. The molecule has 3 aliphatic heterocycles. The summed E-state index contributed by atoms with van der Waals surface area (Å²) < 4.78 is 0. The fourth-order valence-corrected chi connectivity index (χ4v) is 5.81. The van der Waals surface area contributed by atoms with Crippen LogP contribution in [0.25, 0.3) is 0 Å². The van der Waals surface area contributed by atoms with Crippen molar-refractivity contribution >= 4 is 18.3 Å². The molecule has 2 amide bonds. The number of pyridine rings is 1. The first kappa shape index (κ1) is 24.2. The van der Waals surface area contributed by atoms with Gasteiger partial charge in [-0.2, -0.15) is 0 Å². The van der Waals surface area contributed by atoms with Crippen LogP contribution in [0.15, 0.2) is 24.5 Å². The van der Waals surface area contributed by atoms with Gasteiger partial charge in [0, 0.05) is 50.5 Å². The third-order valence-corrected chi connectivity index (χ3v) is 7.44. The summed E-state index contributed by atoms with van der Waals surface area (Å²) in [6, 6.07) is 4.25. The summed E-state index contributed by atoms with van der Waals surface area (Å²) in [5.74, 6) is 0.507. The van der Waals surface area contributed by atoms with Crippen LogP contribution in [0.2, 0.25) is 0 Å². The number of hydrogen-bond donors (Lipinski definition) is 1. The number of carbonyl (C=O) groups excluding carboxylic acids is 2. The molecule has 4 rings (SSSR count). The van der Waals surface area contributed by atoms with Crippen molar-refractivity contribution in [2.45, 2.75) is 64.0 Å². The van der Waals surface area contributed by atoms with Crippen molar-refractivity contribution in [2.24, 2.45) is 5.41 Å². The maximum Gasteiger partial charge on any atom is 0.290 e. The number of aryl methyl sites for hydroxylation is 1. The molecule has 176 valence electrons. The molecule has 0 radical (unpaired) electrons. The van der Waals surface area contributed by atoms with Crippen molar-refractivity contribution < 1.29 is 19.5 Å². The Morgan fingerprint density at radius 2 is 2.03 bits per heavy atom. The summed E-state index contributed by atoms with van der Waals surface area (Å²) in [6.45, 7) is 5.53. The molecule has 0 spiro atoms. The summed E-state index contributed by atoms with van der Waals surface area (Å²) in [6.07, 6.45) is 9.52. The predicted molar refractivity (Wildman–Crippen MR) is 121 cm³/mol. The van der Waals surface area contributed by atoms with E-state index in [0.717, 1.165) is 63.8 Å². The van der Waals surface area contributed by atoms with Crippen molar-refractivity contribution in [1.82, 2.24) is 19.7 Å². The quantitative estimate of drug-likeness (QED) is 0.699. The minimum Gasteiger partial charge on any atom is -0.483 e. The molecule has 32 heavy (non-hydrogen) atoms. The fourth-order valence-electron chi connectivity index (χ4n) is 5.81. The zero-order valence-electron chi connectivity index (χ0n) is 19.3. The predicted octanol–water partition coefficient (Wildman–Crippen LogP) is 2.04. The lowest BCUT2D eigenvalue weighted by atomic mass is 9.70. The number of likely N-dealkylation sites (N-methyl/N-ethyl adjacent to an activating group) is 1. The van der Waals surface area contributed by atoms with E-state index in [1.54, 1.807) is 6.20 Å². The van der Waals surface area contributed by atoms with E-state index in [-0.39, 0.29) is 29.9 Å². The molecule has 0 saturated carbocycles. The average Bonchev–Trinajstić information content (AvgIpc) is 3.28. The van der Waals surface area contributed by atoms with Gasteiger partial charge in [0.1, 0.15) is 0 Å². The van der Waals surface area contributed by atoms with Crippen LogP contribution in [0.4, 0.5) is 0 Å². The molecule has 0 aliphatic carbocycles. The normalized spacial score (nSPS) is 27.4. The Morgan fingerprint density at radius 3 is 2.72 bits per heavy atom. The molecule has 3 atom stereocenters. The minimum absolute atomic E-state index is 0.0763. The molecule has 4 heterocycles. The number of hydrogen-bond acceptors (Lipinski definition) is 5. The lowest BCUT2D eigenvalue weighted by Crippen LogP contribution is -2.51. The molecule has 8 heteroatoms. The topological polar surface area (TPSA) is 94.1 Å². The number of rotatable bonds is 5. The molecule has 3 fully saturated rings.